The van der Waals surface area contributed by atoms with Gasteiger partial charge in [0.05, 0.1) is 28.6 Å². The molecule has 2 aliphatic carbocycles. The lowest BCUT2D eigenvalue weighted by Gasteiger charge is -2.42. The highest BCUT2D eigenvalue weighted by Gasteiger charge is 2.38. The van der Waals surface area contributed by atoms with Crippen LogP contribution in [0.5, 0.6) is 0 Å². The van der Waals surface area contributed by atoms with Gasteiger partial charge >= 0.3 is 0 Å². The molecular weight excluding hydrogens is 448 g/mol. The molecule has 2 N–H and O–H groups in total. The van der Waals surface area contributed by atoms with Gasteiger partial charge in [0.2, 0.25) is 5.95 Å². The van der Waals surface area contributed by atoms with E-state index < -0.39 is 10.8 Å². The van der Waals surface area contributed by atoms with Gasteiger partial charge in [-0.2, -0.15) is 4.98 Å². The molecule has 0 bridgehead atoms. The molecule has 0 unspecified atom stereocenters. The van der Waals surface area contributed by atoms with Crippen molar-refractivity contribution in [3.05, 3.63) is 29.0 Å². The highest BCUT2D eigenvalue weighted by molar-refractivity contribution is 7.85. The van der Waals surface area contributed by atoms with E-state index in [2.05, 4.69) is 10.2 Å². The fourth-order valence-corrected chi connectivity index (χ4v) is 7.18. The van der Waals surface area contributed by atoms with E-state index in [0.717, 1.165) is 99.7 Å². The predicted octanol–water partition coefficient (Wildman–Crippen LogP) is 2.91. The van der Waals surface area contributed by atoms with Gasteiger partial charge in [-0.25, -0.2) is 15.0 Å². The minimum absolute atomic E-state index is 0.0694. The minimum atomic E-state index is -1.11. The molecule has 1 saturated heterocycles. The van der Waals surface area contributed by atoms with Crippen molar-refractivity contribution in [2.45, 2.75) is 87.0 Å². The van der Waals surface area contributed by atoms with E-state index in [0.29, 0.717) is 17.5 Å². The Bertz CT molecular complexity index is 1090. The molecule has 0 spiro atoms. The summed E-state index contributed by atoms with van der Waals surface area (Å²) < 4.78 is 13.1. The predicted molar refractivity (Wildman–Crippen MR) is 132 cm³/mol. The van der Waals surface area contributed by atoms with Crippen LogP contribution in [0.25, 0.3) is 0 Å². The summed E-state index contributed by atoms with van der Waals surface area (Å²) in [6.07, 6.45) is 13.1. The van der Waals surface area contributed by atoms with Crippen LogP contribution in [0.2, 0.25) is 0 Å². The van der Waals surface area contributed by atoms with Gasteiger partial charge in [0, 0.05) is 36.7 Å². The quantitative estimate of drug-likeness (QED) is 0.670. The molecular formula is C25H34N6O2S. The molecule has 1 atom stereocenters. The summed E-state index contributed by atoms with van der Waals surface area (Å²) >= 11 is 0. The van der Waals surface area contributed by atoms with Crippen molar-refractivity contribution >= 4 is 22.6 Å². The number of aliphatic hydroxyl groups is 1. The number of nitrogens with one attached hydrogen (secondary N) is 1. The molecule has 2 aromatic heterocycles. The van der Waals surface area contributed by atoms with E-state index in [1.165, 1.54) is 17.7 Å². The number of nitrogens with zero attached hydrogens (tertiary/aromatic N) is 5. The van der Waals surface area contributed by atoms with E-state index in [1.54, 1.807) is 0 Å². The van der Waals surface area contributed by atoms with Gasteiger partial charge < -0.3 is 15.3 Å². The SMILES string of the molecule is O=[S@]1CCCCc2nc(N3CCC(c4ncc5c(n4)CCC5)CC3)nc(NC3(CO)CCC3)c21. The lowest BCUT2D eigenvalue weighted by molar-refractivity contribution is 0.143. The highest BCUT2D eigenvalue weighted by atomic mass is 32.2. The van der Waals surface area contributed by atoms with Crippen LogP contribution >= 0.6 is 0 Å². The number of aliphatic hydroxyl groups excluding tert-OH is 1. The third kappa shape index (κ3) is 4.11. The van der Waals surface area contributed by atoms with Crippen molar-refractivity contribution in [1.82, 2.24) is 19.9 Å². The first-order valence-corrected chi connectivity index (χ1v) is 14.2. The maximum absolute atomic E-state index is 13.1. The summed E-state index contributed by atoms with van der Waals surface area (Å²) in [5.74, 6) is 3.43. The maximum Gasteiger partial charge on any atom is 0.227 e. The van der Waals surface area contributed by atoms with Crippen molar-refractivity contribution in [3.8, 4) is 0 Å². The Morgan fingerprint density at radius 1 is 1.03 bits per heavy atom. The summed E-state index contributed by atoms with van der Waals surface area (Å²) in [4.78, 5) is 22.5. The number of fused-ring (bicyclic) bond motifs is 2. The number of rotatable bonds is 5. The normalized spacial score (nSPS) is 24.1. The third-order valence-corrected chi connectivity index (χ3v) is 9.66. The summed E-state index contributed by atoms with van der Waals surface area (Å²) in [5.41, 5.74) is 3.15. The van der Waals surface area contributed by atoms with E-state index >= 15 is 0 Å². The first-order chi connectivity index (χ1) is 16.6. The number of aromatic nitrogens is 4. The Kier molecular flexibility index (Phi) is 6.01. The van der Waals surface area contributed by atoms with Crippen molar-refractivity contribution in [2.24, 2.45) is 0 Å². The molecule has 0 aromatic carbocycles. The Labute approximate surface area is 203 Å². The molecule has 34 heavy (non-hydrogen) atoms. The van der Waals surface area contributed by atoms with E-state index in [4.69, 9.17) is 19.9 Å². The van der Waals surface area contributed by atoms with E-state index in [9.17, 15) is 9.32 Å². The van der Waals surface area contributed by atoms with Gasteiger partial charge in [-0.05, 0) is 76.2 Å². The van der Waals surface area contributed by atoms with Crippen LogP contribution in [0.4, 0.5) is 11.8 Å². The number of hydrogen-bond donors (Lipinski definition) is 2. The van der Waals surface area contributed by atoms with Crippen LogP contribution in [0.15, 0.2) is 11.1 Å². The molecule has 2 fully saturated rings. The number of aryl methyl sites for hydroxylation is 3. The highest BCUT2D eigenvalue weighted by Crippen LogP contribution is 2.38. The van der Waals surface area contributed by atoms with Gasteiger partial charge in [0.1, 0.15) is 16.5 Å². The Hall–Kier alpha value is -2.13. The molecule has 2 aromatic rings. The standard InChI is InChI=1S/C25H34N6O2S/c32-16-25(10-4-11-25)30-23-21-20(6-1-2-14-34(21)33)28-24(29-23)31-12-8-17(9-13-31)22-26-15-18-5-3-7-19(18)27-22/h15,17,32H,1-14,16H2,(H,28,29,30)/t34-/m0/s1. The van der Waals surface area contributed by atoms with Crippen LogP contribution in [-0.4, -0.2) is 60.2 Å². The monoisotopic (exact) mass is 482 g/mol. The van der Waals surface area contributed by atoms with Gasteiger partial charge in [0.15, 0.2) is 0 Å². The second-order valence-electron chi connectivity index (χ2n) is 10.4. The van der Waals surface area contributed by atoms with Crippen LogP contribution in [0.3, 0.4) is 0 Å². The summed E-state index contributed by atoms with van der Waals surface area (Å²) in [5, 5.41) is 13.6. The smallest absolute Gasteiger partial charge is 0.227 e. The van der Waals surface area contributed by atoms with Gasteiger partial charge in [-0.15, -0.1) is 0 Å². The first kappa shape index (κ1) is 22.3. The molecule has 6 rings (SSSR count). The Morgan fingerprint density at radius 2 is 1.85 bits per heavy atom. The molecule has 0 radical (unpaired) electrons. The van der Waals surface area contributed by atoms with Crippen LogP contribution in [0.1, 0.15) is 80.1 Å². The molecule has 0 amide bonds. The molecule has 2 aliphatic heterocycles. The molecule has 4 heterocycles. The van der Waals surface area contributed by atoms with Crippen molar-refractivity contribution in [3.63, 3.8) is 0 Å². The lowest BCUT2D eigenvalue weighted by atomic mass is 9.77. The van der Waals surface area contributed by atoms with Crippen LogP contribution < -0.4 is 10.2 Å². The first-order valence-electron chi connectivity index (χ1n) is 12.9. The van der Waals surface area contributed by atoms with Gasteiger partial charge in [0.25, 0.3) is 0 Å². The number of anilines is 2. The Morgan fingerprint density at radius 3 is 2.62 bits per heavy atom. The van der Waals surface area contributed by atoms with Crippen LogP contribution in [-0.2, 0) is 30.1 Å². The van der Waals surface area contributed by atoms with Crippen LogP contribution in [0, 0.1) is 0 Å². The van der Waals surface area contributed by atoms with Crippen molar-refractivity contribution in [2.75, 3.05) is 35.7 Å². The fraction of sp³-hybridized carbons (Fsp3) is 0.680. The molecule has 1 saturated carbocycles. The number of piperidine rings is 1. The zero-order valence-electron chi connectivity index (χ0n) is 19.8. The average molecular weight is 483 g/mol. The Balaban J connectivity index is 1.25. The molecule has 4 aliphatic rings. The fourth-order valence-electron chi connectivity index (χ4n) is 5.79. The molecule has 182 valence electrons. The van der Waals surface area contributed by atoms with Gasteiger partial charge in [-0.3, -0.25) is 4.21 Å². The van der Waals surface area contributed by atoms with Crippen molar-refractivity contribution in [1.29, 1.82) is 0 Å². The van der Waals surface area contributed by atoms with Gasteiger partial charge in [-0.1, -0.05) is 0 Å². The second-order valence-corrected chi connectivity index (χ2v) is 11.9. The topological polar surface area (TPSA) is 104 Å². The second kappa shape index (κ2) is 9.15. The minimum Gasteiger partial charge on any atom is -0.394 e. The largest absolute Gasteiger partial charge is 0.394 e. The van der Waals surface area contributed by atoms with Crippen molar-refractivity contribution < 1.29 is 9.32 Å². The van der Waals surface area contributed by atoms with E-state index in [1.807, 2.05) is 6.20 Å². The summed E-state index contributed by atoms with van der Waals surface area (Å²) in [7, 11) is -1.11. The summed E-state index contributed by atoms with van der Waals surface area (Å²) in [6.45, 7) is 1.79. The third-order valence-electron chi connectivity index (χ3n) is 8.12. The lowest BCUT2D eigenvalue weighted by Crippen LogP contribution is -2.49. The average Bonchev–Trinajstić information content (AvgIpc) is 3.23. The zero-order chi connectivity index (χ0) is 23.1. The zero-order valence-corrected chi connectivity index (χ0v) is 20.6. The maximum atomic E-state index is 13.1. The summed E-state index contributed by atoms with van der Waals surface area (Å²) in [6, 6.07) is 0. The molecule has 9 heteroatoms. The number of hydrogen-bond acceptors (Lipinski definition) is 8. The molecule has 8 nitrogen and oxygen atoms in total. The van der Waals surface area contributed by atoms with E-state index in [-0.39, 0.29) is 12.1 Å².